The number of nitrogens with two attached hydrogens (primary N) is 1. The molecule has 14 heavy (non-hydrogen) atoms. The molecule has 0 aromatic carbocycles. The molecule has 0 aliphatic carbocycles. The quantitative estimate of drug-likeness (QED) is 0.755. The Labute approximate surface area is 85.2 Å². The summed E-state index contributed by atoms with van der Waals surface area (Å²) in [5, 5.41) is 10.0. The van der Waals surface area contributed by atoms with Crippen molar-refractivity contribution in [2.45, 2.75) is 6.10 Å². The number of aromatic nitrogens is 3. The van der Waals surface area contributed by atoms with Crippen LogP contribution < -0.4 is 5.73 Å². The Hall–Kier alpha value is -1.17. The zero-order valence-electron chi connectivity index (χ0n) is 7.26. The Balaban J connectivity index is 2.65. The zero-order chi connectivity index (χ0) is 10.1. The molecule has 74 valence electrons. The van der Waals surface area contributed by atoms with Crippen molar-refractivity contribution in [3.63, 3.8) is 0 Å². The van der Waals surface area contributed by atoms with E-state index in [-0.39, 0.29) is 6.54 Å². The lowest BCUT2D eigenvalue weighted by atomic mass is 10.2. The Morgan fingerprint density at radius 1 is 1.57 bits per heavy atom. The van der Waals surface area contributed by atoms with Crippen LogP contribution in [0.15, 0.2) is 18.6 Å². The van der Waals surface area contributed by atoms with Crippen molar-refractivity contribution in [2.75, 3.05) is 6.54 Å². The third-order valence-corrected chi connectivity index (χ3v) is 2.23. The first-order valence-corrected chi connectivity index (χ1v) is 4.47. The number of imidazole rings is 1. The average Bonchev–Trinajstić information content (AvgIpc) is 2.59. The SMILES string of the molecule is NCC(O)c1nccn2c(Cl)cnc12. The van der Waals surface area contributed by atoms with E-state index in [1.165, 1.54) is 6.20 Å². The van der Waals surface area contributed by atoms with Crippen molar-refractivity contribution in [2.24, 2.45) is 5.73 Å². The van der Waals surface area contributed by atoms with Crippen LogP contribution >= 0.6 is 11.6 Å². The fourth-order valence-corrected chi connectivity index (χ4v) is 1.44. The molecule has 6 heteroatoms. The lowest BCUT2D eigenvalue weighted by Gasteiger charge is -2.07. The van der Waals surface area contributed by atoms with E-state index in [0.29, 0.717) is 16.5 Å². The molecular formula is C8H9ClN4O. The van der Waals surface area contributed by atoms with Gasteiger partial charge in [0.2, 0.25) is 0 Å². The number of nitrogens with zero attached hydrogens (tertiary/aromatic N) is 3. The van der Waals surface area contributed by atoms with Gasteiger partial charge in [0.15, 0.2) is 5.65 Å². The third-order valence-electron chi connectivity index (χ3n) is 1.95. The summed E-state index contributed by atoms with van der Waals surface area (Å²) in [7, 11) is 0. The Morgan fingerprint density at radius 2 is 2.36 bits per heavy atom. The minimum absolute atomic E-state index is 0.108. The second-order valence-corrected chi connectivity index (χ2v) is 3.23. The van der Waals surface area contributed by atoms with Gasteiger partial charge in [-0.15, -0.1) is 0 Å². The fraction of sp³-hybridized carbons (Fsp3) is 0.250. The molecule has 0 saturated heterocycles. The second kappa shape index (κ2) is 3.53. The molecule has 3 N–H and O–H groups in total. The number of aliphatic hydroxyl groups excluding tert-OH is 1. The summed E-state index contributed by atoms with van der Waals surface area (Å²) in [6, 6.07) is 0. The van der Waals surface area contributed by atoms with Crippen molar-refractivity contribution < 1.29 is 5.11 Å². The Morgan fingerprint density at radius 3 is 3.07 bits per heavy atom. The van der Waals surface area contributed by atoms with Crippen molar-refractivity contribution in [3.8, 4) is 0 Å². The average molecular weight is 213 g/mol. The highest BCUT2D eigenvalue weighted by Gasteiger charge is 2.13. The van der Waals surface area contributed by atoms with E-state index in [4.69, 9.17) is 17.3 Å². The summed E-state index contributed by atoms with van der Waals surface area (Å²) in [6.07, 6.45) is 3.93. The third kappa shape index (κ3) is 1.35. The van der Waals surface area contributed by atoms with Crippen LogP contribution in [0.3, 0.4) is 0 Å². The molecule has 5 nitrogen and oxygen atoms in total. The van der Waals surface area contributed by atoms with Crippen molar-refractivity contribution >= 4 is 17.2 Å². The van der Waals surface area contributed by atoms with E-state index in [9.17, 15) is 5.11 Å². The molecule has 0 fully saturated rings. The molecule has 0 aliphatic heterocycles. The Kier molecular flexibility index (Phi) is 2.37. The number of hydrogen-bond donors (Lipinski definition) is 2. The van der Waals surface area contributed by atoms with Crippen LogP contribution in [-0.4, -0.2) is 26.0 Å². The minimum atomic E-state index is -0.808. The fourth-order valence-electron chi connectivity index (χ4n) is 1.26. The van der Waals surface area contributed by atoms with E-state index < -0.39 is 6.10 Å². The summed E-state index contributed by atoms with van der Waals surface area (Å²) in [5.41, 5.74) is 6.33. The van der Waals surface area contributed by atoms with Crippen LogP contribution in [0.2, 0.25) is 5.15 Å². The summed E-state index contributed by atoms with van der Waals surface area (Å²) >= 11 is 5.85. The maximum Gasteiger partial charge on any atom is 0.162 e. The molecule has 2 heterocycles. The molecule has 0 bridgehead atoms. The summed E-state index contributed by atoms with van der Waals surface area (Å²) in [5.74, 6) is 0. The monoisotopic (exact) mass is 212 g/mol. The number of halogens is 1. The van der Waals surface area contributed by atoms with Gasteiger partial charge in [-0.25, -0.2) is 4.98 Å². The van der Waals surface area contributed by atoms with Gasteiger partial charge in [-0.3, -0.25) is 9.38 Å². The van der Waals surface area contributed by atoms with E-state index in [0.717, 1.165) is 0 Å². The van der Waals surface area contributed by atoms with Gasteiger partial charge in [-0.05, 0) is 0 Å². The van der Waals surface area contributed by atoms with E-state index in [1.54, 1.807) is 16.8 Å². The first kappa shape index (κ1) is 9.39. The van der Waals surface area contributed by atoms with Crippen LogP contribution in [0.5, 0.6) is 0 Å². The predicted molar refractivity (Wildman–Crippen MR) is 52.0 cm³/mol. The van der Waals surface area contributed by atoms with Crippen LogP contribution in [-0.2, 0) is 0 Å². The van der Waals surface area contributed by atoms with Crippen molar-refractivity contribution in [3.05, 3.63) is 29.4 Å². The summed E-state index contributed by atoms with van der Waals surface area (Å²) in [4.78, 5) is 8.06. The highest BCUT2D eigenvalue weighted by molar-refractivity contribution is 6.29. The van der Waals surface area contributed by atoms with Gasteiger partial charge in [0, 0.05) is 18.9 Å². The predicted octanol–water partition coefficient (Wildman–Crippen LogP) is 0.375. The van der Waals surface area contributed by atoms with Gasteiger partial charge in [0.25, 0.3) is 0 Å². The lowest BCUT2D eigenvalue weighted by molar-refractivity contribution is 0.183. The van der Waals surface area contributed by atoms with Crippen LogP contribution in [0.4, 0.5) is 0 Å². The molecule has 0 aliphatic rings. The standard InChI is InChI=1S/C8H9ClN4O/c9-6-4-12-8-7(5(14)3-10)11-1-2-13(6)8/h1-2,4-5,14H,3,10H2. The molecule has 2 aromatic rings. The van der Waals surface area contributed by atoms with Crippen LogP contribution in [0, 0.1) is 0 Å². The maximum absolute atomic E-state index is 9.55. The van der Waals surface area contributed by atoms with E-state index in [2.05, 4.69) is 9.97 Å². The number of hydrogen-bond acceptors (Lipinski definition) is 4. The molecular weight excluding hydrogens is 204 g/mol. The lowest BCUT2D eigenvalue weighted by Crippen LogP contribution is -2.14. The molecule has 2 rings (SSSR count). The first-order chi connectivity index (χ1) is 6.74. The molecule has 1 unspecified atom stereocenters. The molecule has 2 aromatic heterocycles. The van der Waals surface area contributed by atoms with Gasteiger partial charge in [0.1, 0.15) is 17.0 Å². The van der Waals surface area contributed by atoms with Gasteiger partial charge in [0.05, 0.1) is 6.20 Å². The minimum Gasteiger partial charge on any atom is -0.385 e. The van der Waals surface area contributed by atoms with E-state index >= 15 is 0 Å². The second-order valence-electron chi connectivity index (χ2n) is 2.84. The molecule has 1 atom stereocenters. The van der Waals surface area contributed by atoms with Gasteiger partial charge >= 0.3 is 0 Å². The number of rotatable bonds is 2. The summed E-state index contributed by atoms with van der Waals surface area (Å²) < 4.78 is 1.64. The highest BCUT2D eigenvalue weighted by atomic mass is 35.5. The molecule has 0 saturated carbocycles. The van der Waals surface area contributed by atoms with Crippen LogP contribution in [0.25, 0.3) is 5.65 Å². The highest BCUT2D eigenvalue weighted by Crippen LogP contribution is 2.18. The van der Waals surface area contributed by atoms with Crippen molar-refractivity contribution in [1.29, 1.82) is 0 Å². The Bertz CT molecular complexity index is 456. The largest absolute Gasteiger partial charge is 0.385 e. The van der Waals surface area contributed by atoms with Crippen molar-refractivity contribution in [1.82, 2.24) is 14.4 Å². The first-order valence-electron chi connectivity index (χ1n) is 4.09. The van der Waals surface area contributed by atoms with Gasteiger partial charge < -0.3 is 10.8 Å². The van der Waals surface area contributed by atoms with Gasteiger partial charge in [-0.1, -0.05) is 11.6 Å². The topological polar surface area (TPSA) is 76.4 Å². The maximum atomic E-state index is 9.55. The van der Waals surface area contributed by atoms with E-state index in [1.807, 2.05) is 0 Å². The van der Waals surface area contributed by atoms with Crippen LogP contribution in [0.1, 0.15) is 11.8 Å². The molecule has 0 amide bonds. The van der Waals surface area contributed by atoms with Gasteiger partial charge in [-0.2, -0.15) is 0 Å². The number of aliphatic hydroxyl groups is 1. The smallest absolute Gasteiger partial charge is 0.162 e. The molecule has 0 spiro atoms. The number of fused-ring (bicyclic) bond motifs is 1. The zero-order valence-corrected chi connectivity index (χ0v) is 8.02. The normalized spacial score (nSPS) is 13.4. The summed E-state index contributed by atoms with van der Waals surface area (Å²) in [6.45, 7) is 0.108. The molecule has 0 radical (unpaired) electrons.